The Labute approximate surface area is 225 Å². The number of carbonyl (C=O) groups is 4. The van der Waals surface area contributed by atoms with E-state index in [0.29, 0.717) is 21.4 Å². The molecule has 0 radical (unpaired) electrons. The topological polar surface area (TPSA) is 158 Å². The van der Waals surface area contributed by atoms with E-state index in [4.69, 9.17) is 4.74 Å². The van der Waals surface area contributed by atoms with E-state index in [0.717, 1.165) is 4.90 Å². The molecule has 12 nitrogen and oxygen atoms in total. The number of phenols is 1. The molecule has 2 unspecified atom stereocenters. The summed E-state index contributed by atoms with van der Waals surface area (Å²) in [5.41, 5.74) is 3.51. The first-order valence-corrected chi connectivity index (χ1v) is 11.4. The average Bonchev–Trinajstić information content (AvgIpc) is 2.82. The van der Waals surface area contributed by atoms with Crippen LogP contribution in [0.1, 0.15) is 17.2 Å². The molecule has 4 N–H and O–H groups in total. The minimum Gasteiger partial charge on any atom is -1.00 e. The second-order valence-corrected chi connectivity index (χ2v) is 9.54. The zero-order chi connectivity index (χ0) is 27.2. The van der Waals surface area contributed by atoms with Gasteiger partial charge in [-0.2, -0.15) is 5.10 Å². The van der Waals surface area contributed by atoms with Crippen molar-refractivity contribution in [3.05, 3.63) is 59.7 Å². The minimum atomic E-state index is -1.22. The normalized spacial score (nSPS) is 15.7. The predicted molar refractivity (Wildman–Crippen MR) is 133 cm³/mol. The number of amides is 3. The zero-order valence-electron chi connectivity index (χ0n) is 21.1. The summed E-state index contributed by atoms with van der Waals surface area (Å²) in [5, 5.41) is 25.4. The molecule has 0 aromatic heterocycles. The Balaban J connectivity index is 0.00000507. The number of aliphatic carboxylic acids is 1. The quantitative estimate of drug-likeness (QED) is 0.102. The lowest BCUT2D eigenvalue weighted by Crippen LogP contribution is -3.00. The van der Waals surface area contributed by atoms with Crippen LogP contribution in [-0.2, 0) is 19.2 Å². The van der Waals surface area contributed by atoms with Crippen LogP contribution in [0.3, 0.4) is 0 Å². The average molecular weight is 548 g/mol. The van der Waals surface area contributed by atoms with Gasteiger partial charge in [-0.05, 0) is 47.5 Å². The molecule has 13 heteroatoms. The van der Waals surface area contributed by atoms with Crippen molar-refractivity contribution in [1.29, 1.82) is 0 Å². The highest BCUT2D eigenvalue weighted by Crippen LogP contribution is 2.28. The van der Waals surface area contributed by atoms with Crippen LogP contribution >= 0.6 is 0 Å². The molecule has 2 aromatic rings. The summed E-state index contributed by atoms with van der Waals surface area (Å²) in [6, 6.07) is 10.2. The summed E-state index contributed by atoms with van der Waals surface area (Å²) in [6.45, 7) is -0.0182. The molecule has 3 amide bonds. The molecule has 1 aliphatic heterocycles. The van der Waals surface area contributed by atoms with Crippen molar-refractivity contribution in [3.8, 4) is 11.5 Å². The van der Waals surface area contributed by atoms with Crippen molar-refractivity contribution in [2.24, 2.45) is 5.10 Å². The molecule has 0 spiro atoms. The Hall–Kier alpha value is -4.16. The number of benzene rings is 2. The van der Waals surface area contributed by atoms with Gasteiger partial charge in [-0.15, -0.1) is 0 Å². The van der Waals surface area contributed by atoms with E-state index in [1.165, 1.54) is 30.5 Å². The largest absolute Gasteiger partial charge is 1.00 e. The summed E-state index contributed by atoms with van der Waals surface area (Å²) in [6.07, 6.45) is 1.49. The third-order valence-corrected chi connectivity index (χ3v) is 5.32. The smallest absolute Gasteiger partial charge is 0.331 e. The van der Waals surface area contributed by atoms with E-state index < -0.39 is 29.9 Å². The van der Waals surface area contributed by atoms with E-state index in [1.807, 2.05) is 21.1 Å². The fourth-order valence-corrected chi connectivity index (χ4v) is 3.58. The Kier molecular flexibility index (Phi) is 10.2. The minimum absolute atomic E-state index is 0. The van der Waals surface area contributed by atoms with Crippen LogP contribution in [-0.4, -0.2) is 96.4 Å². The second kappa shape index (κ2) is 12.9. The maximum Gasteiger partial charge on any atom is 0.331 e. The Morgan fingerprint density at radius 1 is 1.11 bits per heavy atom. The molecule has 0 aliphatic carbocycles. The van der Waals surface area contributed by atoms with Crippen molar-refractivity contribution in [3.63, 3.8) is 0 Å². The predicted octanol–water partition coefficient (Wildman–Crippen LogP) is -2.92. The summed E-state index contributed by atoms with van der Waals surface area (Å²) >= 11 is 0. The Morgan fingerprint density at radius 2 is 1.74 bits per heavy atom. The molecule has 1 fully saturated rings. The second-order valence-electron chi connectivity index (χ2n) is 9.54. The maximum atomic E-state index is 12.5. The van der Waals surface area contributed by atoms with E-state index in [1.54, 1.807) is 24.3 Å². The van der Waals surface area contributed by atoms with Crippen molar-refractivity contribution in [1.82, 2.24) is 15.6 Å². The maximum absolute atomic E-state index is 12.5. The van der Waals surface area contributed by atoms with Crippen LogP contribution in [0.5, 0.6) is 11.5 Å². The van der Waals surface area contributed by atoms with Gasteiger partial charge in [0.15, 0.2) is 19.2 Å². The number of carboxylic acids is 1. The summed E-state index contributed by atoms with van der Waals surface area (Å²) < 4.78 is 5.93. The van der Waals surface area contributed by atoms with E-state index in [9.17, 15) is 29.4 Å². The molecular formula is C25H30ClN5O7. The third-order valence-electron chi connectivity index (χ3n) is 5.32. The fourth-order valence-electron chi connectivity index (χ4n) is 3.58. The van der Waals surface area contributed by atoms with E-state index >= 15 is 0 Å². The number of nitrogens with one attached hydrogen (secondary N) is 2. The van der Waals surface area contributed by atoms with Crippen LogP contribution in [0.15, 0.2) is 53.6 Å². The lowest BCUT2D eigenvalue weighted by molar-refractivity contribution is -0.862. The summed E-state index contributed by atoms with van der Waals surface area (Å²) in [7, 11) is 5.69. The fraction of sp³-hybridized carbons (Fsp3) is 0.320. The summed E-state index contributed by atoms with van der Waals surface area (Å²) in [5.74, 6) is -2.07. The van der Waals surface area contributed by atoms with Gasteiger partial charge in [-0.1, -0.05) is 12.1 Å². The van der Waals surface area contributed by atoms with Crippen LogP contribution in [0.25, 0.3) is 0 Å². The van der Waals surface area contributed by atoms with E-state index in [2.05, 4.69) is 15.8 Å². The number of ether oxygens (including phenoxy) is 1. The monoisotopic (exact) mass is 547 g/mol. The number of aromatic hydroxyl groups is 1. The number of quaternary nitrogens is 1. The highest BCUT2D eigenvalue weighted by atomic mass is 35.5. The number of carbonyl (C=O) groups excluding carboxylic acids is 3. The molecule has 2 aromatic carbocycles. The van der Waals surface area contributed by atoms with Crippen LogP contribution in [0, 0.1) is 0 Å². The number of phenolic OH excluding ortho intramolecular Hbond substituents is 1. The highest BCUT2D eigenvalue weighted by Gasteiger charge is 2.44. The van der Waals surface area contributed by atoms with Gasteiger partial charge in [0.25, 0.3) is 11.8 Å². The first-order valence-electron chi connectivity index (χ1n) is 11.4. The number of nitrogens with zero attached hydrogens (tertiary/aromatic N) is 3. The van der Waals surface area contributed by atoms with Crippen molar-refractivity contribution < 1.29 is 51.0 Å². The molecule has 0 bridgehead atoms. The zero-order valence-corrected chi connectivity index (χ0v) is 21.9. The molecule has 1 heterocycles. The van der Waals surface area contributed by atoms with Crippen LogP contribution < -0.4 is 27.9 Å². The molecule has 204 valence electrons. The van der Waals surface area contributed by atoms with Gasteiger partial charge in [-0.3, -0.25) is 14.4 Å². The van der Waals surface area contributed by atoms with Crippen molar-refractivity contribution in [2.75, 3.05) is 40.8 Å². The Bertz CT molecular complexity index is 1180. The summed E-state index contributed by atoms with van der Waals surface area (Å²) in [4.78, 5) is 49.4. The van der Waals surface area contributed by atoms with Crippen LogP contribution in [0.4, 0.5) is 0 Å². The van der Waals surface area contributed by atoms with E-state index in [-0.39, 0.29) is 43.8 Å². The lowest BCUT2D eigenvalue weighted by Gasteiger charge is -2.42. The first-order chi connectivity index (χ1) is 17.4. The molecule has 1 aliphatic rings. The molecular weight excluding hydrogens is 518 g/mol. The van der Waals surface area contributed by atoms with Gasteiger partial charge in [-0.25, -0.2) is 10.2 Å². The van der Waals surface area contributed by atoms with Crippen LogP contribution in [0.2, 0.25) is 0 Å². The molecule has 38 heavy (non-hydrogen) atoms. The number of hydrogen-bond donors (Lipinski definition) is 4. The van der Waals surface area contributed by atoms with Gasteiger partial charge < -0.3 is 42.1 Å². The molecule has 3 rings (SSSR count). The van der Waals surface area contributed by atoms with Gasteiger partial charge in [0.05, 0.1) is 33.9 Å². The molecule has 1 saturated heterocycles. The molecule has 0 saturated carbocycles. The van der Waals surface area contributed by atoms with Gasteiger partial charge in [0.2, 0.25) is 5.91 Å². The van der Waals surface area contributed by atoms with Gasteiger partial charge in [0.1, 0.15) is 17.5 Å². The SMILES string of the molecule is C[N+](C)(C)CC(=O)N/N=C/c1ccc(OCC(=O)NC2CN(C(C(=O)O)c3ccc(O)cc3)C2=O)cc1.[Cl-]. The van der Waals surface area contributed by atoms with Crippen molar-refractivity contribution in [2.45, 2.75) is 12.1 Å². The number of β-lactam (4-membered cyclic amide) rings is 1. The number of likely N-dealkylation sites (N-methyl/N-ethyl adjacent to an activating group) is 1. The van der Waals surface area contributed by atoms with Crippen molar-refractivity contribution >= 4 is 29.9 Å². The molecule has 2 atom stereocenters. The number of carboxylic acid groups (broad SMARTS) is 1. The van der Waals surface area contributed by atoms with Gasteiger partial charge >= 0.3 is 5.97 Å². The van der Waals surface area contributed by atoms with Gasteiger partial charge in [0, 0.05) is 0 Å². The number of rotatable bonds is 11. The lowest BCUT2D eigenvalue weighted by atomic mass is 9.98. The first kappa shape index (κ1) is 30.1. The standard InChI is InChI=1S/C25H29N5O7.ClH/c1-30(2,3)14-21(32)28-26-12-16-4-10-19(11-5-16)37-15-22(33)27-20-13-29(24(20)34)23(25(35)36)17-6-8-18(31)9-7-17;/h4-12,20,23H,13-15H2,1-3H3,(H3-,27,28,31,32,33,35,36);1H/b26-12+;. The number of hydrogen-bond acceptors (Lipinski definition) is 7. The third kappa shape index (κ3) is 8.46. The number of hydrazone groups is 1. The Morgan fingerprint density at radius 3 is 2.29 bits per heavy atom. The highest BCUT2D eigenvalue weighted by molar-refractivity contribution is 5.95. The number of halogens is 1. The number of likely N-dealkylation sites (tertiary alicyclic amines) is 1.